The molecule has 1 aliphatic rings. The zero-order valence-electron chi connectivity index (χ0n) is 11.5. The zero-order valence-corrected chi connectivity index (χ0v) is 11.5. The van der Waals surface area contributed by atoms with Crippen LogP contribution in [0.3, 0.4) is 0 Å². The molecule has 18 heavy (non-hydrogen) atoms. The van der Waals surface area contributed by atoms with Crippen LogP contribution >= 0.6 is 0 Å². The summed E-state index contributed by atoms with van der Waals surface area (Å²) in [5.74, 6) is -0.102. The third-order valence-corrected chi connectivity index (χ3v) is 3.25. The smallest absolute Gasteiger partial charge is 0.323 e. The van der Waals surface area contributed by atoms with Crippen molar-refractivity contribution in [3.63, 3.8) is 0 Å². The van der Waals surface area contributed by atoms with Crippen molar-refractivity contribution >= 4 is 5.97 Å². The molecule has 0 saturated carbocycles. The molecule has 1 saturated heterocycles. The minimum absolute atomic E-state index is 0.0530. The molecule has 0 spiro atoms. The average molecular weight is 259 g/mol. The normalized spacial score (nSPS) is 20.9. The van der Waals surface area contributed by atoms with Crippen LogP contribution in [-0.4, -0.2) is 64.0 Å². The quantitative estimate of drug-likeness (QED) is 0.482. The summed E-state index contributed by atoms with van der Waals surface area (Å²) >= 11 is 0. The highest BCUT2D eigenvalue weighted by atomic mass is 16.5. The van der Waals surface area contributed by atoms with E-state index >= 15 is 0 Å². The first-order valence-electron chi connectivity index (χ1n) is 6.68. The highest BCUT2D eigenvalue weighted by molar-refractivity contribution is 5.75. The Hall–Kier alpha value is -0.650. The van der Waals surface area contributed by atoms with Crippen LogP contribution in [0, 0.1) is 0 Å². The summed E-state index contributed by atoms with van der Waals surface area (Å²) in [6.45, 7) is 3.86. The number of rotatable bonds is 8. The zero-order chi connectivity index (χ0) is 13.2. The predicted octanol–water partition coefficient (Wildman–Crippen LogP) is 1.07. The maximum absolute atomic E-state index is 11.6. The number of nitrogens with zero attached hydrogens (tertiary/aromatic N) is 1. The van der Waals surface area contributed by atoms with Gasteiger partial charge >= 0.3 is 5.97 Å². The van der Waals surface area contributed by atoms with Gasteiger partial charge in [-0.2, -0.15) is 0 Å². The van der Waals surface area contributed by atoms with Crippen LogP contribution in [0.4, 0.5) is 0 Å². The van der Waals surface area contributed by atoms with Gasteiger partial charge < -0.3 is 14.2 Å². The topological polar surface area (TPSA) is 48.0 Å². The van der Waals surface area contributed by atoms with E-state index in [1.807, 2.05) is 0 Å². The molecule has 0 aliphatic carbocycles. The molecule has 0 N–H and O–H groups in total. The van der Waals surface area contributed by atoms with E-state index in [4.69, 9.17) is 14.2 Å². The highest BCUT2D eigenvalue weighted by Crippen LogP contribution is 2.18. The van der Waals surface area contributed by atoms with E-state index in [1.165, 1.54) is 7.11 Å². The molecule has 1 unspecified atom stereocenters. The number of carbonyl (C=O) groups is 1. The van der Waals surface area contributed by atoms with E-state index in [-0.39, 0.29) is 12.0 Å². The predicted molar refractivity (Wildman–Crippen MR) is 68.5 cm³/mol. The van der Waals surface area contributed by atoms with Gasteiger partial charge in [0.05, 0.1) is 20.3 Å². The Morgan fingerprint density at radius 2 is 2.06 bits per heavy atom. The average Bonchev–Trinajstić information content (AvgIpc) is 2.42. The largest absolute Gasteiger partial charge is 0.468 e. The number of hydrogen-bond acceptors (Lipinski definition) is 5. The van der Waals surface area contributed by atoms with Crippen LogP contribution in [0.15, 0.2) is 0 Å². The maximum Gasteiger partial charge on any atom is 0.323 e. The molecular formula is C13H25NO4. The lowest BCUT2D eigenvalue weighted by Gasteiger charge is -2.33. The van der Waals surface area contributed by atoms with Crippen molar-refractivity contribution in [3.8, 4) is 0 Å². The maximum atomic E-state index is 11.6. The number of hydrogen-bond donors (Lipinski definition) is 0. The number of methoxy groups -OCH3 is 2. The molecule has 1 rings (SSSR count). The SMILES string of the molecule is COCCOCCCN1CCCCC1C(=O)OC. The Labute approximate surface area is 109 Å². The third-order valence-electron chi connectivity index (χ3n) is 3.25. The Bertz CT molecular complexity index is 235. The van der Waals surface area contributed by atoms with Crippen molar-refractivity contribution in [1.29, 1.82) is 0 Å². The molecule has 1 atom stereocenters. The number of carbonyl (C=O) groups excluding carboxylic acids is 1. The van der Waals surface area contributed by atoms with E-state index in [9.17, 15) is 4.79 Å². The van der Waals surface area contributed by atoms with Crippen molar-refractivity contribution in [1.82, 2.24) is 4.90 Å². The van der Waals surface area contributed by atoms with Crippen molar-refractivity contribution in [2.24, 2.45) is 0 Å². The van der Waals surface area contributed by atoms with Gasteiger partial charge in [0.15, 0.2) is 0 Å². The standard InChI is InChI=1S/C13H25NO4/c1-16-10-11-18-9-5-8-14-7-4-3-6-12(14)13(15)17-2/h12H,3-11H2,1-2H3. The fourth-order valence-electron chi connectivity index (χ4n) is 2.28. The molecule has 0 radical (unpaired) electrons. The van der Waals surface area contributed by atoms with Crippen molar-refractivity contribution < 1.29 is 19.0 Å². The molecule has 1 heterocycles. The van der Waals surface area contributed by atoms with Gasteiger partial charge in [-0.25, -0.2) is 0 Å². The lowest BCUT2D eigenvalue weighted by molar-refractivity contribution is -0.148. The summed E-state index contributed by atoms with van der Waals surface area (Å²) in [6, 6.07) is -0.0530. The summed E-state index contributed by atoms with van der Waals surface area (Å²) in [7, 11) is 3.13. The lowest BCUT2D eigenvalue weighted by atomic mass is 10.0. The monoisotopic (exact) mass is 259 g/mol. The number of ether oxygens (including phenoxy) is 3. The fourth-order valence-corrected chi connectivity index (χ4v) is 2.28. The summed E-state index contributed by atoms with van der Waals surface area (Å²) in [6.07, 6.45) is 4.13. The van der Waals surface area contributed by atoms with Crippen molar-refractivity contribution in [2.75, 3.05) is 47.1 Å². The van der Waals surface area contributed by atoms with Crippen LogP contribution in [0.2, 0.25) is 0 Å². The van der Waals surface area contributed by atoms with E-state index < -0.39 is 0 Å². The van der Waals surface area contributed by atoms with Gasteiger partial charge in [-0.15, -0.1) is 0 Å². The second-order valence-electron chi connectivity index (χ2n) is 4.53. The fraction of sp³-hybridized carbons (Fsp3) is 0.923. The van der Waals surface area contributed by atoms with Crippen LogP contribution in [0.25, 0.3) is 0 Å². The molecular weight excluding hydrogens is 234 g/mol. The van der Waals surface area contributed by atoms with Gasteiger partial charge in [0, 0.05) is 20.3 Å². The van der Waals surface area contributed by atoms with Crippen LogP contribution in [0.1, 0.15) is 25.7 Å². The number of likely N-dealkylation sites (tertiary alicyclic amines) is 1. The first-order chi connectivity index (χ1) is 8.79. The molecule has 1 aliphatic heterocycles. The second-order valence-corrected chi connectivity index (χ2v) is 4.53. The van der Waals surface area contributed by atoms with E-state index in [0.29, 0.717) is 19.8 Å². The summed E-state index contributed by atoms with van der Waals surface area (Å²) in [5, 5.41) is 0. The van der Waals surface area contributed by atoms with Crippen molar-refractivity contribution in [2.45, 2.75) is 31.7 Å². The van der Waals surface area contributed by atoms with Gasteiger partial charge in [0.1, 0.15) is 6.04 Å². The van der Waals surface area contributed by atoms with Gasteiger partial charge in [-0.05, 0) is 25.8 Å². The molecule has 0 amide bonds. The van der Waals surface area contributed by atoms with Crippen LogP contribution in [-0.2, 0) is 19.0 Å². The summed E-state index contributed by atoms with van der Waals surface area (Å²) in [4.78, 5) is 13.9. The minimum Gasteiger partial charge on any atom is -0.468 e. The first kappa shape index (κ1) is 15.4. The van der Waals surface area contributed by atoms with E-state index in [2.05, 4.69) is 4.90 Å². The number of esters is 1. The minimum atomic E-state index is -0.102. The van der Waals surface area contributed by atoms with Crippen LogP contribution < -0.4 is 0 Å². The lowest BCUT2D eigenvalue weighted by Crippen LogP contribution is -2.45. The summed E-state index contributed by atoms with van der Waals surface area (Å²) in [5.41, 5.74) is 0. The molecule has 0 bridgehead atoms. The van der Waals surface area contributed by atoms with Crippen LogP contribution in [0.5, 0.6) is 0 Å². The molecule has 0 aromatic heterocycles. The Balaban J connectivity index is 2.19. The molecule has 5 heteroatoms. The Morgan fingerprint density at radius 3 is 2.78 bits per heavy atom. The third kappa shape index (κ3) is 5.33. The van der Waals surface area contributed by atoms with Crippen molar-refractivity contribution in [3.05, 3.63) is 0 Å². The highest BCUT2D eigenvalue weighted by Gasteiger charge is 2.28. The molecule has 1 fully saturated rings. The van der Waals surface area contributed by atoms with E-state index in [1.54, 1.807) is 7.11 Å². The molecule has 0 aromatic rings. The van der Waals surface area contributed by atoms with Gasteiger partial charge in [-0.1, -0.05) is 6.42 Å². The molecule has 106 valence electrons. The molecule has 5 nitrogen and oxygen atoms in total. The number of piperidine rings is 1. The summed E-state index contributed by atoms with van der Waals surface area (Å²) < 4.78 is 15.2. The van der Waals surface area contributed by atoms with Gasteiger partial charge in [0.25, 0.3) is 0 Å². The molecule has 0 aromatic carbocycles. The Kier molecular flexibility index (Phi) is 7.96. The first-order valence-corrected chi connectivity index (χ1v) is 6.68. The van der Waals surface area contributed by atoms with Gasteiger partial charge in [0.2, 0.25) is 0 Å². The van der Waals surface area contributed by atoms with Gasteiger partial charge in [-0.3, -0.25) is 9.69 Å². The van der Waals surface area contributed by atoms with E-state index in [0.717, 1.165) is 38.8 Å². The Morgan fingerprint density at radius 1 is 1.22 bits per heavy atom. The second kappa shape index (κ2) is 9.30.